The first-order chi connectivity index (χ1) is 8.28. The minimum Gasteiger partial charge on any atom is -0.377 e. The highest BCUT2D eigenvalue weighted by molar-refractivity contribution is 9.10. The standard InChI is InChI=1S/C12H17BrN2OS/c1-2-4-11-14-10(13)7-12(15-11)17-8-9-5-3-6-16-9/h7,9H,2-6,8H2,1H3. The zero-order chi connectivity index (χ0) is 12.1. The molecule has 0 radical (unpaired) electrons. The van der Waals surface area contributed by atoms with Gasteiger partial charge in [0.05, 0.1) is 6.10 Å². The van der Waals surface area contributed by atoms with Crippen LogP contribution in [0.2, 0.25) is 0 Å². The van der Waals surface area contributed by atoms with Gasteiger partial charge in [-0.3, -0.25) is 0 Å². The van der Waals surface area contributed by atoms with Crippen molar-refractivity contribution in [3.05, 3.63) is 16.5 Å². The smallest absolute Gasteiger partial charge is 0.130 e. The van der Waals surface area contributed by atoms with Gasteiger partial charge in [-0.25, -0.2) is 9.97 Å². The Morgan fingerprint density at radius 1 is 1.53 bits per heavy atom. The summed E-state index contributed by atoms with van der Waals surface area (Å²) in [4.78, 5) is 8.91. The van der Waals surface area contributed by atoms with E-state index in [0.29, 0.717) is 6.10 Å². The van der Waals surface area contributed by atoms with Crippen LogP contribution in [0.3, 0.4) is 0 Å². The molecule has 0 spiro atoms. The van der Waals surface area contributed by atoms with Gasteiger partial charge in [0.25, 0.3) is 0 Å². The minimum atomic E-state index is 0.406. The summed E-state index contributed by atoms with van der Waals surface area (Å²) in [5.74, 6) is 1.92. The molecular formula is C12H17BrN2OS. The van der Waals surface area contributed by atoms with Crippen molar-refractivity contribution in [2.45, 2.75) is 43.7 Å². The van der Waals surface area contributed by atoms with E-state index in [9.17, 15) is 0 Å². The fourth-order valence-corrected chi connectivity index (χ4v) is 3.36. The molecule has 2 heterocycles. The SMILES string of the molecule is CCCc1nc(Br)cc(SCC2CCCO2)n1. The quantitative estimate of drug-likeness (QED) is 0.615. The molecule has 3 nitrogen and oxygen atoms in total. The first-order valence-corrected chi connectivity index (χ1v) is 7.83. The van der Waals surface area contributed by atoms with E-state index in [0.717, 1.165) is 40.7 Å². The Hall–Kier alpha value is -0.130. The van der Waals surface area contributed by atoms with Crippen molar-refractivity contribution in [2.75, 3.05) is 12.4 Å². The van der Waals surface area contributed by atoms with Crippen molar-refractivity contribution in [3.8, 4) is 0 Å². The fraction of sp³-hybridized carbons (Fsp3) is 0.667. The van der Waals surface area contributed by atoms with Crippen LogP contribution in [0.5, 0.6) is 0 Å². The maximum Gasteiger partial charge on any atom is 0.130 e. The summed E-state index contributed by atoms with van der Waals surface area (Å²) >= 11 is 5.21. The lowest BCUT2D eigenvalue weighted by Gasteiger charge is -2.09. The molecule has 0 bridgehead atoms. The molecule has 1 atom stereocenters. The van der Waals surface area contributed by atoms with E-state index >= 15 is 0 Å². The zero-order valence-electron chi connectivity index (χ0n) is 9.99. The summed E-state index contributed by atoms with van der Waals surface area (Å²) < 4.78 is 6.49. The second-order valence-electron chi connectivity index (χ2n) is 4.14. The molecule has 0 saturated carbocycles. The molecule has 1 saturated heterocycles. The Bertz CT molecular complexity index is 370. The number of aromatic nitrogens is 2. The van der Waals surface area contributed by atoms with Crippen LogP contribution in [0.4, 0.5) is 0 Å². The molecule has 0 N–H and O–H groups in total. The lowest BCUT2D eigenvalue weighted by molar-refractivity contribution is 0.129. The lowest BCUT2D eigenvalue weighted by atomic mass is 10.3. The molecule has 5 heteroatoms. The van der Waals surface area contributed by atoms with Crippen molar-refractivity contribution in [2.24, 2.45) is 0 Å². The van der Waals surface area contributed by atoms with Gasteiger partial charge in [-0.05, 0) is 35.2 Å². The van der Waals surface area contributed by atoms with Crippen LogP contribution in [-0.2, 0) is 11.2 Å². The molecular weight excluding hydrogens is 300 g/mol. The van der Waals surface area contributed by atoms with Crippen LogP contribution in [0.1, 0.15) is 32.0 Å². The number of halogens is 1. The highest BCUT2D eigenvalue weighted by Crippen LogP contribution is 2.24. The molecule has 1 unspecified atom stereocenters. The highest BCUT2D eigenvalue weighted by atomic mass is 79.9. The first-order valence-electron chi connectivity index (χ1n) is 6.06. The largest absolute Gasteiger partial charge is 0.377 e. The van der Waals surface area contributed by atoms with Crippen molar-refractivity contribution in [1.82, 2.24) is 9.97 Å². The van der Waals surface area contributed by atoms with E-state index in [-0.39, 0.29) is 0 Å². The van der Waals surface area contributed by atoms with E-state index in [4.69, 9.17) is 4.74 Å². The number of thioether (sulfide) groups is 1. The van der Waals surface area contributed by atoms with Gasteiger partial charge in [0.15, 0.2) is 0 Å². The van der Waals surface area contributed by atoms with Gasteiger partial charge in [-0.2, -0.15) is 0 Å². The Balaban J connectivity index is 1.94. The Kier molecular flexibility index (Phi) is 5.25. The van der Waals surface area contributed by atoms with Crippen molar-refractivity contribution in [3.63, 3.8) is 0 Å². The van der Waals surface area contributed by atoms with Gasteiger partial charge in [-0.1, -0.05) is 6.92 Å². The third-order valence-electron chi connectivity index (χ3n) is 2.63. The monoisotopic (exact) mass is 316 g/mol. The molecule has 1 aromatic rings. The molecule has 0 aromatic carbocycles. The molecule has 17 heavy (non-hydrogen) atoms. The van der Waals surface area contributed by atoms with Crippen LogP contribution >= 0.6 is 27.7 Å². The second-order valence-corrected chi connectivity index (χ2v) is 5.99. The predicted molar refractivity (Wildman–Crippen MR) is 73.4 cm³/mol. The van der Waals surface area contributed by atoms with Gasteiger partial charge < -0.3 is 4.74 Å². The molecule has 1 fully saturated rings. The number of aryl methyl sites for hydroxylation is 1. The van der Waals surface area contributed by atoms with Crippen molar-refractivity contribution in [1.29, 1.82) is 0 Å². The predicted octanol–water partition coefficient (Wildman–Crippen LogP) is 3.46. The summed E-state index contributed by atoms with van der Waals surface area (Å²) in [7, 11) is 0. The number of hydrogen-bond acceptors (Lipinski definition) is 4. The highest BCUT2D eigenvalue weighted by Gasteiger charge is 2.16. The first kappa shape index (κ1) is 13.3. The third-order valence-corrected chi connectivity index (χ3v) is 4.08. The maximum absolute atomic E-state index is 5.61. The van der Waals surface area contributed by atoms with Gasteiger partial charge in [0.1, 0.15) is 15.5 Å². The molecule has 2 rings (SSSR count). The Morgan fingerprint density at radius 2 is 2.41 bits per heavy atom. The van der Waals surface area contributed by atoms with E-state index in [1.165, 1.54) is 12.8 Å². The Morgan fingerprint density at radius 3 is 3.12 bits per heavy atom. The molecule has 1 aliphatic heterocycles. The van der Waals surface area contributed by atoms with Crippen LogP contribution in [0.15, 0.2) is 15.7 Å². The molecule has 94 valence electrons. The van der Waals surface area contributed by atoms with Gasteiger partial charge in [-0.15, -0.1) is 11.8 Å². The summed E-state index contributed by atoms with van der Waals surface area (Å²) in [5.41, 5.74) is 0. The summed E-state index contributed by atoms with van der Waals surface area (Å²) in [6, 6.07) is 1.98. The zero-order valence-corrected chi connectivity index (χ0v) is 12.4. The van der Waals surface area contributed by atoms with Gasteiger partial charge in [0, 0.05) is 24.8 Å². The molecule has 1 aromatic heterocycles. The van der Waals surface area contributed by atoms with E-state index < -0.39 is 0 Å². The van der Waals surface area contributed by atoms with E-state index in [2.05, 4.69) is 32.8 Å². The molecule has 0 aliphatic carbocycles. The van der Waals surface area contributed by atoms with Crippen molar-refractivity contribution >= 4 is 27.7 Å². The van der Waals surface area contributed by atoms with Crippen LogP contribution < -0.4 is 0 Å². The maximum atomic E-state index is 5.61. The Labute approximate surface area is 115 Å². The van der Waals surface area contributed by atoms with Crippen LogP contribution in [0.25, 0.3) is 0 Å². The van der Waals surface area contributed by atoms with E-state index in [1.54, 1.807) is 11.8 Å². The van der Waals surface area contributed by atoms with Crippen LogP contribution in [-0.4, -0.2) is 28.4 Å². The number of nitrogens with zero attached hydrogens (tertiary/aromatic N) is 2. The van der Waals surface area contributed by atoms with E-state index in [1.807, 2.05) is 6.07 Å². The number of rotatable bonds is 5. The molecule has 1 aliphatic rings. The summed E-state index contributed by atoms with van der Waals surface area (Å²) in [6.45, 7) is 3.06. The molecule has 0 amide bonds. The van der Waals surface area contributed by atoms with Crippen LogP contribution in [0, 0.1) is 0 Å². The number of ether oxygens (including phenoxy) is 1. The third kappa shape index (κ3) is 4.23. The van der Waals surface area contributed by atoms with Crippen molar-refractivity contribution < 1.29 is 4.74 Å². The number of hydrogen-bond donors (Lipinski definition) is 0. The second kappa shape index (κ2) is 6.71. The lowest BCUT2D eigenvalue weighted by Crippen LogP contribution is -2.08. The average Bonchev–Trinajstić information content (AvgIpc) is 2.79. The average molecular weight is 317 g/mol. The normalized spacial score (nSPS) is 19.8. The van der Waals surface area contributed by atoms with Gasteiger partial charge in [0.2, 0.25) is 0 Å². The summed E-state index contributed by atoms with van der Waals surface area (Å²) in [6.07, 6.45) is 4.79. The fourth-order valence-electron chi connectivity index (χ4n) is 1.81. The summed E-state index contributed by atoms with van der Waals surface area (Å²) in [5, 5.41) is 1.05. The van der Waals surface area contributed by atoms with Gasteiger partial charge >= 0.3 is 0 Å². The minimum absolute atomic E-state index is 0.406. The topological polar surface area (TPSA) is 35.0 Å².